The second-order valence-corrected chi connectivity index (χ2v) is 5.19. The van der Waals surface area contributed by atoms with Crippen molar-refractivity contribution in [2.75, 3.05) is 24.5 Å². The molecule has 2 aliphatic rings. The third-order valence-corrected chi connectivity index (χ3v) is 3.81. The van der Waals surface area contributed by atoms with Gasteiger partial charge in [-0.05, 0) is 6.42 Å². The van der Waals surface area contributed by atoms with Gasteiger partial charge in [0.25, 0.3) is 0 Å². The van der Waals surface area contributed by atoms with Gasteiger partial charge in [0, 0.05) is 38.3 Å². The number of nitrogens with one attached hydrogen (secondary N) is 1. The van der Waals surface area contributed by atoms with Crippen molar-refractivity contribution in [3.63, 3.8) is 0 Å². The summed E-state index contributed by atoms with van der Waals surface area (Å²) in [6.45, 7) is 1.74. The zero-order chi connectivity index (χ0) is 13.4. The summed E-state index contributed by atoms with van der Waals surface area (Å²) in [6, 6.07) is 0.0750. The van der Waals surface area contributed by atoms with E-state index in [-0.39, 0.29) is 30.2 Å². The minimum atomic E-state index is -0.257. The van der Waals surface area contributed by atoms with Crippen molar-refractivity contribution in [1.29, 1.82) is 0 Å². The molecule has 0 aliphatic carbocycles. The number of H-pyrrole nitrogens is 1. The van der Waals surface area contributed by atoms with Gasteiger partial charge < -0.3 is 15.5 Å². The fraction of sp³-hybridized carbons (Fsp3) is 0.583. The van der Waals surface area contributed by atoms with Crippen molar-refractivity contribution in [1.82, 2.24) is 15.1 Å². The van der Waals surface area contributed by atoms with Crippen LogP contribution in [0.15, 0.2) is 12.4 Å². The van der Waals surface area contributed by atoms with E-state index in [2.05, 4.69) is 10.2 Å². The van der Waals surface area contributed by atoms with Gasteiger partial charge in [0.05, 0.1) is 17.8 Å². The number of nitrogens with zero attached hydrogens (tertiary/aromatic N) is 3. The Bertz CT molecular complexity index is 486. The lowest BCUT2D eigenvalue weighted by Crippen LogP contribution is -2.37. The van der Waals surface area contributed by atoms with Gasteiger partial charge in [0.2, 0.25) is 11.8 Å². The summed E-state index contributed by atoms with van der Waals surface area (Å²) in [5.74, 6) is -0.233. The van der Waals surface area contributed by atoms with Crippen LogP contribution in [0.1, 0.15) is 12.8 Å². The molecule has 7 nitrogen and oxygen atoms in total. The zero-order valence-corrected chi connectivity index (χ0v) is 10.6. The number of carbonyl (C=O) groups excluding carboxylic acids is 2. The lowest BCUT2D eigenvalue weighted by atomic mass is 10.1. The number of hydrogen-bond donors (Lipinski definition) is 2. The van der Waals surface area contributed by atoms with E-state index >= 15 is 0 Å². The van der Waals surface area contributed by atoms with Crippen LogP contribution in [0.2, 0.25) is 0 Å². The average Bonchev–Trinajstić information content (AvgIpc) is 3.07. The van der Waals surface area contributed by atoms with E-state index in [1.165, 1.54) is 0 Å². The molecule has 3 rings (SSSR count). The maximum Gasteiger partial charge on any atom is 0.228 e. The van der Waals surface area contributed by atoms with Gasteiger partial charge >= 0.3 is 0 Å². The molecule has 0 unspecified atom stereocenters. The molecule has 3 N–H and O–H groups in total. The number of aromatic amines is 1. The maximum absolute atomic E-state index is 12.3. The standard InChI is InChI=1S/C12H17N5O2/c13-9-1-2-16(7-9)12(19)8-3-11(18)17(6-8)10-4-14-15-5-10/h4-5,8-9H,1-3,6-7,13H2,(H,14,15)/t8-,9+/m1/s1. The molecule has 1 aromatic heterocycles. The molecular weight excluding hydrogens is 246 g/mol. The highest BCUT2D eigenvalue weighted by molar-refractivity contribution is 6.00. The predicted molar refractivity (Wildman–Crippen MR) is 68.2 cm³/mol. The minimum absolute atomic E-state index is 0.0248. The molecule has 0 bridgehead atoms. The highest BCUT2D eigenvalue weighted by Crippen LogP contribution is 2.26. The van der Waals surface area contributed by atoms with Crippen LogP contribution in [0, 0.1) is 5.92 Å². The average molecular weight is 263 g/mol. The molecule has 19 heavy (non-hydrogen) atoms. The van der Waals surface area contributed by atoms with Gasteiger partial charge in [-0.3, -0.25) is 14.7 Å². The summed E-state index contributed by atoms with van der Waals surface area (Å²) in [5.41, 5.74) is 6.53. The molecule has 2 atom stereocenters. The Balaban J connectivity index is 1.68. The van der Waals surface area contributed by atoms with E-state index in [0.29, 0.717) is 19.6 Å². The Labute approximate surface area is 110 Å². The Morgan fingerprint density at radius 1 is 1.47 bits per heavy atom. The van der Waals surface area contributed by atoms with E-state index < -0.39 is 0 Å². The summed E-state index contributed by atoms with van der Waals surface area (Å²) >= 11 is 0. The van der Waals surface area contributed by atoms with E-state index in [1.54, 1.807) is 22.2 Å². The third kappa shape index (κ3) is 2.21. The molecule has 0 aromatic carbocycles. The van der Waals surface area contributed by atoms with Crippen molar-refractivity contribution < 1.29 is 9.59 Å². The van der Waals surface area contributed by atoms with Crippen LogP contribution < -0.4 is 10.6 Å². The number of amides is 2. The molecule has 0 spiro atoms. The van der Waals surface area contributed by atoms with Crippen LogP contribution in [-0.4, -0.2) is 52.6 Å². The highest BCUT2D eigenvalue weighted by atomic mass is 16.2. The second kappa shape index (κ2) is 4.65. The molecular formula is C12H17N5O2. The fourth-order valence-corrected chi connectivity index (χ4v) is 2.76. The van der Waals surface area contributed by atoms with Crippen LogP contribution in [0.25, 0.3) is 0 Å². The van der Waals surface area contributed by atoms with E-state index in [1.807, 2.05) is 0 Å². The van der Waals surface area contributed by atoms with Gasteiger partial charge in [0.15, 0.2) is 0 Å². The molecule has 2 saturated heterocycles. The summed E-state index contributed by atoms with van der Waals surface area (Å²) in [5, 5.41) is 6.50. The molecule has 0 saturated carbocycles. The highest BCUT2D eigenvalue weighted by Gasteiger charge is 2.38. The molecule has 3 heterocycles. The summed E-state index contributed by atoms with van der Waals surface area (Å²) < 4.78 is 0. The zero-order valence-electron chi connectivity index (χ0n) is 10.6. The number of rotatable bonds is 2. The van der Waals surface area contributed by atoms with Crippen LogP contribution in [0.4, 0.5) is 5.69 Å². The van der Waals surface area contributed by atoms with Gasteiger partial charge in [-0.2, -0.15) is 5.10 Å². The normalized spacial score (nSPS) is 27.3. The number of anilines is 1. The van der Waals surface area contributed by atoms with E-state index in [4.69, 9.17) is 5.73 Å². The van der Waals surface area contributed by atoms with Crippen molar-refractivity contribution in [3.8, 4) is 0 Å². The van der Waals surface area contributed by atoms with Crippen LogP contribution in [0.5, 0.6) is 0 Å². The molecule has 2 amide bonds. The van der Waals surface area contributed by atoms with Gasteiger partial charge in [0.1, 0.15) is 0 Å². The van der Waals surface area contributed by atoms with Gasteiger partial charge in [-0.15, -0.1) is 0 Å². The molecule has 7 heteroatoms. The number of hydrogen-bond acceptors (Lipinski definition) is 4. The Hall–Kier alpha value is -1.89. The molecule has 2 aliphatic heterocycles. The van der Waals surface area contributed by atoms with Crippen LogP contribution >= 0.6 is 0 Å². The third-order valence-electron chi connectivity index (χ3n) is 3.81. The molecule has 1 aromatic rings. The predicted octanol–water partition coefficient (Wildman–Crippen LogP) is -0.678. The first-order chi connectivity index (χ1) is 9.15. The molecule has 0 radical (unpaired) electrons. The Morgan fingerprint density at radius 3 is 2.95 bits per heavy atom. The van der Waals surface area contributed by atoms with Crippen molar-refractivity contribution in [2.24, 2.45) is 11.7 Å². The van der Waals surface area contributed by atoms with Crippen molar-refractivity contribution in [2.45, 2.75) is 18.9 Å². The summed E-state index contributed by atoms with van der Waals surface area (Å²) in [7, 11) is 0. The largest absolute Gasteiger partial charge is 0.341 e. The smallest absolute Gasteiger partial charge is 0.228 e. The topological polar surface area (TPSA) is 95.3 Å². The lowest BCUT2D eigenvalue weighted by Gasteiger charge is -2.20. The van der Waals surface area contributed by atoms with Crippen LogP contribution in [0.3, 0.4) is 0 Å². The van der Waals surface area contributed by atoms with Gasteiger partial charge in [-0.25, -0.2) is 0 Å². The summed E-state index contributed by atoms with van der Waals surface area (Å²) in [6.07, 6.45) is 4.38. The van der Waals surface area contributed by atoms with E-state index in [9.17, 15) is 9.59 Å². The lowest BCUT2D eigenvalue weighted by molar-refractivity contribution is -0.134. The number of carbonyl (C=O) groups is 2. The van der Waals surface area contributed by atoms with Crippen molar-refractivity contribution in [3.05, 3.63) is 12.4 Å². The Morgan fingerprint density at radius 2 is 2.32 bits per heavy atom. The summed E-state index contributed by atoms with van der Waals surface area (Å²) in [4.78, 5) is 27.7. The van der Waals surface area contributed by atoms with Crippen molar-refractivity contribution >= 4 is 17.5 Å². The number of aromatic nitrogens is 2. The first-order valence-corrected chi connectivity index (χ1v) is 6.48. The fourth-order valence-electron chi connectivity index (χ4n) is 2.76. The monoisotopic (exact) mass is 263 g/mol. The maximum atomic E-state index is 12.3. The van der Waals surface area contributed by atoms with Crippen LogP contribution in [-0.2, 0) is 9.59 Å². The SMILES string of the molecule is N[C@H]1CCN(C(=O)[C@@H]2CC(=O)N(c3cn[nH]c3)C2)C1. The quantitative estimate of drug-likeness (QED) is 0.739. The minimum Gasteiger partial charge on any atom is -0.341 e. The van der Waals surface area contributed by atoms with Gasteiger partial charge in [-0.1, -0.05) is 0 Å². The Kier molecular flexibility index (Phi) is 2.98. The van der Waals surface area contributed by atoms with E-state index in [0.717, 1.165) is 12.1 Å². The second-order valence-electron chi connectivity index (χ2n) is 5.19. The molecule has 2 fully saturated rings. The first kappa shape index (κ1) is 12.2. The molecule has 102 valence electrons. The number of likely N-dealkylation sites (tertiary alicyclic amines) is 1. The number of nitrogens with two attached hydrogens (primary N) is 1. The first-order valence-electron chi connectivity index (χ1n) is 6.48.